The number of amides is 2. The number of aliphatic hydroxyl groups excluding tert-OH is 1. The maximum Gasteiger partial charge on any atom is 0.328 e. The summed E-state index contributed by atoms with van der Waals surface area (Å²) in [5, 5.41) is 20.0. The molecule has 3 atom stereocenters. The predicted octanol–water partition coefficient (Wildman–Crippen LogP) is 0.404. The van der Waals surface area contributed by atoms with Crippen LogP contribution in [-0.2, 0) is 4.79 Å². The van der Waals surface area contributed by atoms with Gasteiger partial charge in [-0.05, 0) is 26.2 Å². The van der Waals surface area contributed by atoms with E-state index in [1.165, 1.54) is 0 Å². The van der Waals surface area contributed by atoms with Crippen molar-refractivity contribution in [2.75, 3.05) is 6.61 Å². The number of nitrogens with zero attached hydrogens (tertiary/aromatic N) is 1. The Morgan fingerprint density at radius 2 is 2.12 bits per heavy atom. The molecule has 6 nitrogen and oxygen atoms in total. The molecule has 2 unspecified atom stereocenters. The first-order valence-electron chi connectivity index (χ1n) is 5.93. The predicted molar refractivity (Wildman–Crippen MR) is 61.7 cm³/mol. The molecule has 1 rings (SSSR count). The molecular formula is C11H20N2O4. The van der Waals surface area contributed by atoms with Gasteiger partial charge in [-0.15, -0.1) is 0 Å². The number of rotatable bonds is 4. The highest BCUT2D eigenvalue weighted by molar-refractivity contribution is 5.83. The summed E-state index contributed by atoms with van der Waals surface area (Å²) in [6.45, 7) is 3.35. The van der Waals surface area contributed by atoms with Crippen LogP contribution in [0, 0.1) is 0 Å². The smallest absolute Gasteiger partial charge is 0.328 e. The van der Waals surface area contributed by atoms with Crippen LogP contribution < -0.4 is 5.32 Å². The van der Waals surface area contributed by atoms with E-state index < -0.39 is 24.6 Å². The van der Waals surface area contributed by atoms with Crippen molar-refractivity contribution in [1.29, 1.82) is 0 Å². The largest absolute Gasteiger partial charge is 0.480 e. The zero-order chi connectivity index (χ0) is 13.0. The van der Waals surface area contributed by atoms with Gasteiger partial charge in [-0.1, -0.05) is 6.92 Å². The third kappa shape index (κ3) is 3.09. The van der Waals surface area contributed by atoms with E-state index in [2.05, 4.69) is 5.32 Å². The number of carboxylic acids is 1. The van der Waals surface area contributed by atoms with Gasteiger partial charge >= 0.3 is 12.0 Å². The first-order valence-corrected chi connectivity index (χ1v) is 5.93. The van der Waals surface area contributed by atoms with Crippen LogP contribution in [-0.4, -0.2) is 51.8 Å². The van der Waals surface area contributed by atoms with Crippen LogP contribution >= 0.6 is 0 Å². The average Bonchev–Trinajstić information content (AvgIpc) is 2.66. The van der Waals surface area contributed by atoms with Crippen molar-refractivity contribution in [1.82, 2.24) is 10.2 Å². The van der Waals surface area contributed by atoms with Crippen molar-refractivity contribution in [2.45, 2.75) is 51.2 Å². The minimum absolute atomic E-state index is 0.119. The van der Waals surface area contributed by atoms with Gasteiger partial charge in [0.25, 0.3) is 0 Å². The number of carbonyl (C=O) groups is 2. The summed E-state index contributed by atoms with van der Waals surface area (Å²) in [7, 11) is 0. The Labute approximate surface area is 101 Å². The summed E-state index contributed by atoms with van der Waals surface area (Å²) < 4.78 is 0. The number of nitrogens with one attached hydrogen (secondary N) is 1. The zero-order valence-corrected chi connectivity index (χ0v) is 10.2. The van der Waals surface area contributed by atoms with Crippen LogP contribution in [0.15, 0.2) is 0 Å². The molecule has 0 saturated carbocycles. The molecule has 0 aliphatic carbocycles. The van der Waals surface area contributed by atoms with E-state index in [1.807, 2.05) is 13.8 Å². The number of likely N-dealkylation sites (tertiary alicyclic amines) is 1. The van der Waals surface area contributed by atoms with Crippen molar-refractivity contribution in [2.24, 2.45) is 0 Å². The van der Waals surface area contributed by atoms with Crippen LogP contribution in [0.1, 0.15) is 33.1 Å². The van der Waals surface area contributed by atoms with Gasteiger partial charge in [-0.25, -0.2) is 9.59 Å². The summed E-state index contributed by atoms with van der Waals surface area (Å²) in [4.78, 5) is 24.3. The fourth-order valence-corrected chi connectivity index (χ4v) is 2.25. The molecule has 1 aliphatic rings. The fraction of sp³-hybridized carbons (Fsp3) is 0.818. The van der Waals surface area contributed by atoms with Crippen LogP contribution in [0.4, 0.5) is 4.79 Å². The molecule has 1 aliphatic heterocycles. The first kappa shape index (κ1) is 13.8. The molecule has 98 valence electrons. The molecule has 3 N–H and O–H groups in total. The lowest BCUT2D eigenvalue weighted by molar-refractivity contribution is -0.140. The van der Waals surface area contributed by atoms with E-state index in [1.54, 1.807) is 4.90 Å². The van der Waals surface area contributed by atoms with E-state index in [0.717, 1.165) is 19.3 Å². The van der Waals surface area contributed by atoms with Crippen LogP contribution in [0.2, 0.25) is 0 Å². The Balaban J connectivity index is 2.65. The fourth-order valence-electron chi connectivity index (χ4n) is 2.25. The average molecular weight is 244 g/mol. The number of carbonyl (C=O) groups excluding carboxylic acids is 1. The third-order valence-electron chi connectivity index (χ3n) is 3.27. The number of aliphatic carboxylic acids is 1. The molecular weight excluding hydrogens is 224 g/mol. The summed E-state index contributed by atoms with van der Waals surface area (Å²) in [5.41, 5.74) is 0. The van der Waals surface area contributed by atoms with Crippen molar-refractivity contribution < 1.29 is 19.8 Å². The van der Waals surface area contributed by atoms with Gasteiger partial charge in [0.2, 0.25) is 0 Å². The van der Waals surface area contributed by atoms with Crippen LogP contribution in [0.25, 0.3) is 0 Å². The topological polar surface area (TPSA) is 89.9 Å². The van der Waals surface area contributed by atoms with Crippen LogP contribution in [0.3, 0.4) is 0 Å². The van der Waals surface area contributed by atoms with Gasteiger partial charge in [0.1, 0.15) is 0 Å². The van der Waals surface area contributed by atoms with Crippen molar-refractivity contribution in [3.63, 3.8) is 0 Å². The second-order valence-electron chi connectivity index (χ2n) is 4.42. The van der Waals surface area contributed by atoms with E-state index in [0.29, 0.717) is 0 Å². The Hall–Kier alpha value is -1.30. The number of hydrogen-bond acceptors (Lipinski definition) is 3. The number of urea groups is 1. The number of carboxylic acid groups (broad SMARTS) is 1. The molecule has 0 bridgehead atoms. The summed E-state index contributed by atoms with van der Waals surface area (Å²) in [6, 6.07) is -1.35. The zero-order valence-electron chi connectivity index (χ0n) is 10.2. The van der Waals surface area contributed by atoms with Crippen LogP contribution in [0.5, 0.6) is 0 Å². The second-order valence-corrected chi connectivity index (χ2v) is 4.42. The Morgan fingerprint density at radius 1 is 1.47 bits per heavy atom. The molecule has 1 fully saturated rings. The molecule has 0 aromatic carbocycles. The lowest BCUT2D eigenvalue weighted by Crippen LogP contribution is -2.52. The van der Waals surface area contributed by atoms with Gasteiger partial charge in [0.15, 0.2) is 6.04 Å². The molecule has 2 amide bonds. The Kier molecular flexibility index (Phi) is 4.74. The highest BCUT2D eigenvalue weighted by Crippen LogP contribution is 2.25. The summed E-state index contributed by atoms with van der Waals surface area (Å²) >= 11 is 0. The van der Waals surface area contributed by atoms with E-state index in [-0.39, 0.29) is 12.1 Å². The molecule has 0 spiro atoms. The van der Waals surface area contributed by atoms with Crippen molar-refractivity contribution in [3.05, 3.63) is 0 Å². The minimum atomic E-state index is -1.23. The molecule has 1 saturated heterocycles. The monoisotopic (exact) mass is 244 g/mol. The van der Waals surface area contributed by atoms with Gasteiger partial charge in [0.05, 0.1) is 6.61 Å². The van der Waals surface area contributed by atoms with Gasteiger partial charge in [-0.3, -0.25) is 0 Å². The maximum atomic E-state index is 11.9. The van der Waals surface area contributed by atoms with E-state index >= 15 is 0 Å². The SMILES string of the molecule is CCC1CCC(C)N1C(=O)N[C@H](CO)C(=O)O. The lowest BCUT2D eigenvalue weighted by Gasteiger charge is -2.29. The molecule has 17 heavy (non-hydrogen) atoms. The minimum Gasteiger partial charge on any atom is -0.480 e. The standard InChI is InChI=1S/C11H20N2O4/c1-3-8-5-4-7(2)13(8)11(17)12-9(6-14)10(15)16/h7-9,14H,3-6H2,1-2H3,(H,12,17)(H,15,16)/t7?,8?,9-/m1/s1. The van der Waals surface area contributed by atoms with Crippen molar-refractivity contribution in [3.8, 4) is 0 Å². The Bertz CT molecular complexity index is 295. The van der Waals surface area contributed by atoms with Gasteiger partial charge < -0.3 is 20.4 Å². The molecule has 0 radical (unpaired) electrons. The van der Waals surface area contributed by atoms with Crippen molar-refractivity contribution >= 4 is 12.0 Å². The normalized spacial score (nSPS) is 25.7. The first-order chi connectivity index (χ1) is 8.01. The highest BCUT2D eigenvalue weighted by Gasteiger charge is 2.34. The van der Waals surface area contributed by atoms with E-state index in [9.17, 15) is 9.59 Å². The van der Waals surface area contributed by atoms with E-state index in [4.69, 9.17) is 10.2 Å². The molecule has 0 aromatic heterocycles. The summed E-state index contributed by atoms with van der Waals surface area (Å²) in [5.74, 6) is -1.22. The lowest BCUT2D eigenvalue weighted by atomic mass is 10.2. The molecule has 6 heteroatoms. The second kappa shape index (κ2) is 5.86. The number of hydrogen-bond donors (Lipinski definition) is 3. The van der Waals surface area contributed by atoms with Gasteiger partial charge in [0, 0.05) is 12.1 Å². The van der Waals surface area contributed by atoms with Gasteiger partial charge in [-0.2, -0.15) is 0 Å². The highest BCUT2D eigenvalue weighted by atomic mass is 16.4. The molecule has 1 heterocycles. The summed E-state index contributed by atoms with van der Waals surface area (Å²) in [6.07, 6.45) is 2.74. The Morgan fingerprint density at radius 3 is 2.59 bits per heavy atom. The third-order valence-corrected chi connectivity index (χ3v) is 3.27. The molecule has 0 aromatic rings. The quantitative estimate of drug-likeness (QED) is 0.668. The maximum absolute atomic E-state index is 11.9. The number of aliphatic hydroxyl groups is 1.